The number of hydrogen-bond acceptors (Lipinski definition) is 4. The van der Waals surface area contributed by atoms with E-state index in [9.17, 15) is 9.90 Å². The highest BCUT2D eigenvalue weighted by Crippen LogP contribution is 2.23. The van der Waals surface area contributed by atoms with Crippen LogP contribution in [0.5, 0.6) is 5.75 Å². The average Bonchev–Trinajstić information content (AvgIpc) is 2.39. The van der Waals surface area contributed by atoms with Gasteiger partial charge in [-0.05, 0) is 24.1 Å². The van der Waals surface area contributed by atoms with Crippen LogP contribution in [0.2, 0.25) is 0 Å². The summed E-state index contributed by atoms with van der Waals surface area (Å²) in [5.41, 5.74) is 1.19. The molecule has 1 aromatic rings. The van der Waals surface area contributed by atoms with Gasteiger partial charge in [0.1, 0.15) is 5.75 Å². The molecule has 0 spiro atoms. The molecule has 1 saturated heterocycles. The second-order valence-electron chi connectivity index (χ2n) is 4.63. The van der Waals surface area contributed by atoms with Gasteiger partial charge >= 0.3 is 5.97 Å². The predicted octanol–water partition coefficient (Wildman–Crippen LogP) is 1.58. The number of carboxylic acid groups (broad SMARTS) is 1. The Morgan fingerprint density at radius 3 is 2.63 bits per heavy atom. The van der Waals surface area contributed by atoms with Crippen LogP contribution in [0.4, 0.5) is 0 Å². The molecule has 5 heteroatoms. The van der Waals surface area contributed by atoms with Crippen LogP contribution in [0.15, 0.2) is 24.3 Å². The SMILES string of the molecule is CCc1ccc(OC2CC(O)CC(C(=O)O)O2)cc1. The number of aliphatic carboxylic acids is 1. The van der Waals surface area contributed by atoms with Gasteiger partial charge in [-0.2, -0.15) is 0 Å². The van der Waals surface area contributed by atoms with Gasteiger partial charge in [0.25, 0.3) is 0 Å². The molecule has 0 aliphatic carbocycles. The Balaban J connectivity index is 1.98. The van der Waals surface area contributed by atoms with E-state index in [4.69, 9.17) is 14.6 Å². The quantitative estimate of drug-likeness (QED) is 0.865. The molecule has 3 unspecified atom stereocenters. The topological polar surface area (TPSA) is 76.0 Å². The molecule has 104 valence electrons. The molecule has 0 aromatic heterocycles. The van der Waals surface area contributed by atoms with Crippen LogP contribution >= 0.6 is 0 Å². The summed E-state index contributed by atoms with van der Waals surface area (Å²) in [7, 11) is 0. The molecule has 5 nitrogen and oxygen atoms in total. The van der Waals surface area contributed by atoms with Crippen molar-refractivity contribution in [2.45, 2.75) is 44.7 Å². The first kappa shape index (κ1) is 13.8. The summed E-state index contributed by atoms with van der Waals surface area (Å²) in [6.45, 7) is 2.06. The van der Waals surface area contributed by atoms with Crippen LogP contribution in [0.25, 0.3) is 0 Å². The number of rotatable bonds is 4. The minimum atomic E-state index is -1.08. The molecule has 1 aliphatic rings. The van der Waals surface area contributed by atoms with Crippen molar-refractivity contribution in [2.75, 3.05) is 0 Å². The molecule has 0 radical (unpaired) electrons. The van der Waals surface area contributed by atoms with Gasteiger partial charge in [-0.15, -0.1) is 0 Å². The monoisotopic (exact) mass is 266 g/mol. The zero-order chi connectivity index (χ0) is 13.8. The molecule has 0 saturated carbocycles. The molecular formula is C14H18O5. The van der Waals surface area contributed by atoms with Gasteiger partial charge in [-0.25, -0.2) is 4.79 Å². The van der Waals surface area contributed by atoms with Gasteiger partial charge in [0.15, 0.2) is 6.10 Å². The van der Waals surface area contributed by atoms with E-state index < -0.39 is 24.5 Å². The Labute approximate surface area is 111 Å². The van der Waals surface area contributed by atoms with E-state index >= 15 is 0 Å². The summed E-state index contributed by atoms with van der Waals surface area (Å²) < 4.78 is 10.9. The van der Waals surface area contributed by atoms with Crippen LogP contribution in [-0.4, -0.2) is 34.7 Å². The molecule has 2 N–H and O–H groups in total. The standard InChI is InChI=1S/C14H18O5/c1-2-9-3-5-11(6-4-9)18-13-8-10(15)7-12(19-13)14(16)17/h3-6,10,12-13,15H,2,7-8H2,1H3,(H,16,17). The Kier molecular flexibility index (Phi) is 4.39. The third kappa shape index (κ3) is 3.68. The van der Waals surface area contributed by atoms with Crippen molar-refractivity contribution in [3.8, 4) is 5.75 Å². The van der Waals surface area contributed by atoms with Gasteiger partial charge < -0.3 is 19.7 Å². The van der Waals surface area contributed by atoms with E-state index in [0.717, 1.165) is 6.42 Å². The second kappa shape index (κ2) is 6.04. The van der Waals surface area contributed by atoms with Crippen LogP contribution in [0.1, 0.15) is 25.3 Å². The highest BCUT2D eigenvalue weighted by molar-refractivity contribution is 5.72. The minimum absolute atomic E-state index is 0.101. The predicted molar refractivity (Wildman–Crippen MR) is 68.0 cm³/mol. The normalized spacial score (nSPS) is 26.9. The first-order chi connectivity index (χ1) is 9.08. The highest BCUT2D eigenvalue weighted by atomic mass is 16.7. The van der Waals surface area contributed by atoms with Crippen LogP contribution in [0.3, 0.4) is 0 Å². The minimum Gasteiger partial charge on any atom is -0.479 e. The zero-order valence-electron chi connectivity index (χ0n) is 10.8. The summed E-state index contributed by atoms with van der Waals surface area (Å²) in [6.07, 6.45) is -1.13. The maximum absolute atomic E-state index is 10.9. The second-order valence-corrected chi connectivity index (χ2v) is 4.63. The molecule has 2 rings (SSSR count). The van der Waals surface area contributed by atoms with Crippen molar-refractivity contribution in [1.82, 2.24) is 0 Å². The fourth-order valence-electron chi connectivity index (χ4n) is 2.05. The number of carbonyl (C=O) groups is 1. The van der Waals surface area contributed by atoms with Crippen molar-refractivity contribution in [3.63, 3.8) is 0 Å². The van der Waals surface area contributed by atoms with Crippen LogP contribution in [0, 0.1) is 0 Å². The first-order valence-electron chi connectivity index (χ1n) is 6.40. The number of benzene rings is 1. The van der Waals surface area contributed by atoms with Crippen molar-refractivity contribution in [1.29, 1.82) is 0 Å². The molecule has 1 heterocycles. The van der Waals surface area contributed by atoms with E-state index in [0.29, 0.717) is 5.75 Å². The summed E-state index contributed by atoms with van der Waals surface area (Å²) in [4.78, 5) is 10.9. The lowest BCUT2D eigenvalue weighted by Crippen LogP contribution is -2.42. The number of aryl methyl sites for hydroxylation is 1. The van der Waals surface area contributed by atoms with E-state index in [1.54, 1.807) is 0 Å². The summed E-state index contributed by atoms with van der Waals surface area (Å²) in [6, 6.07) is 7.53. The fraction of sp³-hybridized carbons (Fsp3) is 0.500. The molecule has 1 aromatic carbocycles. The van der Waals surface area contributed by atoms with Crippen molar-refractivity contribution in [3.05, 3.63) is 29.8 Å². The largest absolute Gasteiger partial charge is 0.479 e. The molecule has 19 heavy (non-hydrogen) atoms. The van der Waals surface area contributed by atoms with Crippen molar-refractivity contribution < 1.29 is 24.5 Å². The summed E-state index contributed by atoms with van der Waals surface area (Å²) in [5.74, 6) is -0.464. The van der Waals surface area contributed by atoms with E-state index in [1.807, 2.05) is 24.3 Å². The van der Waals surface area contributed by atoms with E-state index in [2.05, 4.69) is 6.92 Å². The highest BCUT2D eigenvalue weighted by Gasteiger charge is 2.33. The lowest BCUT2D eigenvalue weighted by atomic mass is 10.1. The maximum atomic E-state index is 10.9. The zero-order valence-corrected chi connectivity index (χ0v) is 10.8. The number of ether oxygens (including phenoxy) is 2. The molecule has 0 bridgehead atoms. The van der Waals surface area contributed by atoms with Gasteiger partial charge in [0.05, 0.1) is 6.10 Å². The first-order valence-corrected chi connectivity index (χ1v) is 6.40. The Morgan fingerprint density at radius 1 is 1.37 bits per heavy atom. The Morgan fingerprint density at radius 2 is 2.05 bits per heavy atom. The van der Waals surface area contributed by atoms with Crippen molar-refractivity contribution in [2.24, 2.45) is 0 Å². The van der Waals surface area contributed by atoms with Crippen molar-refractivity contribution >= 4 is 5.97 Å². The number of hydrogen-bond donors (Lipinski definition) is 2. The van der Waals surface area contributed by atoms with Crippen LogP contribution in [-0.2, 0) is 16.0 Å². The molecule has 1 fully saturated rings. The Hall–Kier alpha value is -1.59. The number of aliphatic hydroxyl groups is 1. The fourth-order valence-corrected chi connectivity index (χ4v) is 2.05. The van der Waals surface area contributed by atoms with E-state index in [1.165, 1.54) is 5.56 Å². The Bertz CT molecular complexity index is 428. The molecule has 0 amide bonds. The number of carboxylic acids is 1. The summed E-state index contributed by atoms with van der Waals surface area (Å²) in [5, 5.41) is 18.6. The summed E-state index contributed by atoms with van der Waals surface area (Å²) >= 11 is 0. The third-order valence-corrected chi connectivity index (χ3v) is 3.14. The lowest BCUT2D eigenvalue weighted by molar-refractivity contribution is -0.195. The van der Waals surface area contributed by atoms with Gasteiger partial charge in [0.2, 0.25) is 6.29 Å². The van der Waals surface area contributed by atoms with Gasteiger partial charge in [-0.1, -0.05) is 19.1 Å². The van der Waals surface area contributed by atoms with E-state index in [-0.39, 0.29) is 12.8 Å². The molecular weight excluding hydrogens is 248 g/mol. The molecule has 1 aliphatic heterocycles. The van der Waals surface area contributed by atoms with Crippen LogP contribution < -0.4 is 4.74 Å². The molecule has 3 atom stereocenters. The number of aliphatic hydroxyl groups excluding tert-OH is 1. The average molecular weight is 266 g/mol. The smallest absolute Gasteiger partial charge is 0.333 e. The van der Waals surface area contributed by atoms with Gasteiger partial charge in [-0.3, -0.25) is 0 Å². The third-order valence-electron chi connectivity index (χ3n) is 3.14. The maximum Gasteiger partial charge on any atom is 0.333 e. The van der Waals surface area contributed by atoms with Gasteiger partial charge in [0, 0.05) is 12.8 Å². The lowest BCUT2D eigenvalue weighted by Gasteiger charge is -2.31.